The molecule has 0 unspecified atom stereocenters. The number of fused-ring (bicyclic) bond motifs is 2. The number of hydrogen-bond donors (Lipinski definition) is 2. The van der Waals surface area contributed by atoms with Gasteiger partial charge in [-0.2, -0.15) is 0 Å². The smallest absolute Gasteiger partial charge is 0.235 e. The SMILES string of the molecule is Nc1ccc2oc(-c3cccc4ccccc34)c(O)c(=O)c2c1. The quantitative estimate of drug-likeness (QED) is 0.523. The Bertz CT molecular complexity index is 1110. The van der Waals surface area contributed by atoms with Gasteiger partial charge in [-0.3, -0.25) is 4.79 Å². The van der Waals surface area contributed by atoms with Crippen LogP contribution in [0.4, 0.5) is 5.69 Å². The van der Waals surface area contributed by atoms with Gasteiger partial charge < -0.3 is 15.3 Å². The molecule has 0 amide bonds. The van der Waals surface area contributed by atoms with E-state index < -0.39 is 11.2 Å². The maximum Gasteiger partial charge on any atom is 0.235 e. The Morgan fingerprint density at radius 1 is 0.913 bits per heavy atom. The second-order valence-electron chi connectivity index (χ2n) is 5.39. The molecule has 0 aliphatic rings. The van der Waals surface area contributed by atoms with E-state index in [-0.39, 0.29) is 11.1 Å². The van der Waals surface area contributed by atoms with E-state index in [1.807, 2.05) is 42.5 Å². The molecule has 0 fully saturated rings. The average Bonchev–Trinajstić information content (AvgIpc) is 2.58. The van der Waals surface area contributed by atoms with E-state index in [2.05, 4.69) is 0 Å². The van der Waals surface area contributed by atoms with Crippen LogP contribution >= 0.6 is 0 Å². The molecular weight excluding hydrogens is 290 g/mol. The second kappa shape index (κ2) is 4.88. The number of nitrogens with two attached hydrogens (primary N) is 1. The van der Waals surface area contributed by atoms with E-state index in [0.29, 0.717) is 16.8 Å². The number of benzene rings is 3. The summed E-state index contributed by atoms with van der Waals surface area (Å²) in [5, 5.41) is 12.5. The molecule has 0 saturated heterocycles. The summed E-state index contributed by atoms with van der Waals surface area (Å²) in [7, 11) is 0. The molecule has 0 bridgehead atoms. The fourth-order valence-corrected chi connectivity index (χ4v) is 2.81. The zero-order chi connectivity index (χ0) is 16.0. The van der Waals surface area contributed by atoms with Crippen LogP contribution in [0.3, 0.4) is 0 Å². The van der Waals surface area contributed by atoms with Crippen molar-refractivity contribution in [3.05, 3.63) is 70.9 Å². The van der Waals surface area contributed by atoms with Crippen LogP contribution in [0, 0.1) is 0 Å². The summed E-state index contributed by atoms with van der Waals surface area (Å²) in [5.74, 6) is -0.233. The first-order chi connectivity index (χ1) is 11.1. The largest absolute Gasteiger partial charge is 0.502 e. The normalized spacial score (nSPS) is 11.1. The van der Waals surface area contributed by atoms with E-state index in [9.17, 15) is 9.90 Å². The molecule has 23 heavy (non-hydrogen) atoms. The Kier molecular flexibility index (Phi) is 2.84. The summed E-state index contributed by atoms with van der Waals surface area (Å²) in [6, 6.07) is 18.2. The molecule has 0 aliphatic heterocycles. The van der Waals surface area contributed by atoms with Crippen molar-refractivity contribution in [2.24, 2.45) is 0 Å². The van der Waals surface area contributed by atoms with E-state index in [1.54, 1.807) is 12.1 Å². The number of aromatic hydroxyl groups is 1. The Morgan fingerprint density at radius 2 is 1.70 bits per heavy atom. The van der Waals surface area contributed by atoms with Crippen LogP contribution < -0.4 is 11.2 Å². The van der Waals surface area contributed by atoms with Crippen molar-refractivity contribution in [2.45, 2.75) is 0 Å². The molecule has 0 atom stereocenters. The molecule has 1 heterocycles. The standard InChI is InChI=1S/C19H13NO3/c20-12-8-9-16-15(10-12)17(21)18(22)19(23-16)14-7-3-5-11-4-1-2-6-13(11)14/h1-10,22H,20H2. The van der Waals surface area contributed by atoms with Gasteiger partial charge in [0.25, 0.3) is 0 Å². The third kappa shape index (κ3) is 2.04. The van der Waals surface area contributed by atoms with Crippen molar-refractivity contribution < 1.29 is 9.52 Å². The Balaban J connectivity index is 2.11. The first kappa shape index (κ1) is 13.4. The summed E-state index contributed by atoms with van der Waals surface area (Å²) in [6.07, 6.45) is 0. The van der Waals surface area contributed by atoms with Crippen molar-refractivity contribution in [2.75, 3.05) is 5.73 Å². The lowest BCUT2D eigenvalue weighted by Crippen LogP contribution is -2.03. The lowest BCUT2D eigenvalue weighted by atomic mass is 10.0. The molecule has 0 spiro atoms. The molecule has 0 radical (unpaired) electrons. The summed E-state index contributed by atoms with van der Waals surface area (Å²) in [6.45, 7) is 0. The van der Waals surface area contributed by atoms with Gasteiger partial charge in [0, 0.05) is 11.3 Å². The second-order valence-corrected chi connectivity index (χ2v) is 5.39. The highest BCUT2D eigenvalue weighted by Crippen LogP contribution is 2.35. The lowest BCUT2D eigenvalue weighted by Gasteiger charge is -2.09. The highest BCUT2D eigenvalue weighted by molar-refractivity contribution is 5.97. The van der Waals surface area contributed by atoms with Crippen LogP contribution in [0.25, 0.3) is 33.1 Å². The number of nitrogen functional groups attached to an aromatic ring is 1. The summed E-state index contributed by atoms with van der Waals surface area (Å²) < 4.78 is 5.82. The van der Waals surface area contributed by atoms with Crippen LogP contribution in [-0.4, -0.2) is 5.11 Å². The minimum absolute atomic E-state index is 0.170. The van der Waals surface area contributed by atoms with Crippen molar-refractivity contribution in [3.63, 3.8) is 0 Å². The van der Waals surface area contributed by atoms with Crippen molar-refractivity contribution in [1.29, 1.82) is 0 Å². The topological polar surface area (TPSA) is 76.5 Å². The molecule has 4 nitrogen and oxygen atoms in total. The summed E-state index contributed by atoms with van der Waals surface area (Å²) in [4.78, 5) is 12.4. The summed E-state index contributed by atoms with van der Waals surface area (Å²) >= 11 is 0. The molecular formula is C19H13NO3. The molecule has 4 heteroatoms. The van der Waals surface area contributed by atoms with E-state index in [1.165, 1.54) is 6.07 Å². The van der Waals surface area contributed by atoms with Gasteiger partial charge in [0.05, 0.1) is 5.39 Å². The zero-order valence-electron chi connectivity index (χ0n) is 12.1. The van der Waals surface area contributed by atoms with Gasteiger partial charge in [-0.05, 0) is 29.0 Å². The molecule has 0 aliphatic carbocycles. The molecule has 3 aromatic carbocycles. The maximum atomic E-state index is 12.4. The van der Waals surface area contributed by atoms with Crippen LogP contribution in [0.2, 0.25) is 0 Å². The first-order valence-electron chi connectivity index (χ1n) is 7.18. The maximum absolute atomic E-state index is 12.4. The third-order valence-electron chi connectivity index (χ3n) is 3.92. The van der Waals surface area contributed by atoms with Crippen molar-refractivity contribution in [1.82, 2.24) is 0 Å². The fourth-order valence-electron chi connectivity index (χ4n) is 2.81. The van der Waals surface area contributed by atoms with Gasteiger partial charge >= 0.3 is 0 Å². The van der Waals surface area contributed by atoms with Gasteiger partial charge in [0.15, 0.2) is 5.76 Å². The number of hydrogen-bond acceptors (Lipinski definition) is 4. The molecule has 0 saturated carbocycles. The van der Waals surface area contributed by atoms with E-state index >= 15 is 0 Å². The Morgan fingerprint density at radius 3 is 2.57 bits per heavy atom. The highest BCUT2D eigenvalue weighted by Gasteiger charge is 2.17. The van der Waals surface area contributed by atoms with Gasteiger partial charge in [-0.15, -0.1) is 0 Å². The Labute approximate surface area is 131 Å². The number of rotatable bonds is 1. The van der Waals surface area contributed by atoms with Gasteiger partial charge in [-0.1, -0.05) is 42.5 Å². The van der Waals surface area contributed by atoms with Gasteiger partial charge in [0.2, 0.25) is 11.2 Å². The monoisotopic (exact) mass is 303 g/mol. The van der Waals surface area contributed by atoms with Crippen molar-refractivity contribution in [3.8, 4) is 17.1 Å². The van der Waals surface area contributed by atoms with Crippen LogP contribution in [0.5, 0.6) is 5.75 Å². The molecule has 3 N–H and O–H groups in total. The lowest BCUT2D eigenvalue weighted by molar-refractivity contribution is 0.449. The predicted molar refractivity (Wildman–Crippen MR) is 91.5 cm³/mol. The minimum Gasteiger partial charge on any atom is -0.502 e. The first-order valence-corrected chi connectivity index (χ1v) is 7.18. The summed E-state index contributed by atoms with van der Waals surface area (Å²) in [5.41, 5.74) is 6.74. The van der Waals surface area contributed by atoms with Crippen LogP contribution in [-0.2, 0) is 0 Å². The highest BCUT2D eigenvalue weighted by atomic mass is 16.4. The molecule has 1 aromatic heterocycles. The van der Waals surface area contributed by atoms with Gasteiger partial charge in [0.1, 0.15) is 5.58 Å². The molecule has 112 valence electrons. The fraction of sp³-hybridized carbons (Fsp3) is 0. The van der Waals surface area contributed by atoms with Crippen molar-refractivity contribution >= 4 is 27.4 Å². The molecule has 4 rings (SSSR count). The van der Waals surface area contributed by atoms with Crippen LogP contribution in [0.15, 0.2) is 69.9 Å². The predicted octanol–water partition coefficient (Wildman–Crippen LogP) is 3.90. The van der Waals surface area contributed by atoms with Crippen LogP contribution in [0.1, 0.15) is 0 Å². The zero-order valence-corrected chi connectivity index (χ0v) is 12.1. The number of anilines is 1. The minimum atomic E-state index is -0.485. The van der Waals surface area contributed by atoms with Gasteiger partial charge in [-0.25, -0.2) is 0 Å². The third-order valence-corrected chi connectivity index (χ3v) is 3.92. The Hall–Kier alpha value is -3.27. The van der Waals surface area contributed by atoms with E-state index in [4.69, 9.17) is 10.2 Å². The average molecular weight is 303 g/mol. The molecule has 4 aromatic rings. The van der Waals surface area contributed by atoms with E-state index in [0.717, 1.165) is 10.8 Å².